The van der Waals surface area contributed by atoms with E-state index in [1.807, 2.05) is 6.92 Å². The van der Waals surface area contributed by atoms with Crippen molar-refractivity contribution in [3.8, 4) is 0 Å². The quantitative estimate of drug-likeness (QED) is 0.682. The van der Waals surface area contributed by atoms with Gasteiger partial charge in [-0.2, -0.15) is 0 Å². The number of rotatable bonds is 7. The fourth-order valence-electron chi connectivity index (χ4n) is 1.77. The summed E-state index contributed by atoms with van der Waals surface area (Å²) in [6, 6.07) is -0.237. The van der Waals surface area contributed by atoms with Gasteiger partial charge in [0.25, 0.3) is 0 Å². The predicted octanol–water partition coefficient (Wildman–Crippen LogP) is 0.850. The molecule has 96 valence electrons. The molecule has 2 unspecified atom stereocenters. The summed E-state index contributed by atoms with van der Waals surface area (Å²) in [7, 11) is 3.47. The van der Waals surface area contributed by atoms with E-state index in [0.717, 1.165) is 12.8 Å². The van der Waals surface area contributed by atoms with E-state index in [1.54, 1.807) is 19.0 Å². The maximum absolute atomic E-state index is 11.5. The lowest BCUT2D eigenvalue weighted by molar-refractivity contribution is -0.130. The summed E-state index contributed by atoms with van der Waals surface area (Å²) in [6.45, 7) is 6.45. The molecule has 0 aliphatic carbocycles. The molecule has 1 amide bonds. The van der Waals surface area contributed by atoms with E-state index in [2.05, 4.69) is 19.2 Å². The zero-order valence-electron chi connectivity index (χ0n) is 11.2. The first kappa shape index (κ1) is 15.4. The van der Waals surface area contributed by atoms with Crippen LogP contribution in [0.1, 0.15) is 33.6 Å². The molecule has 4 nitrogen and oxygen atoms in total. The number of carbonyl (C=O) groups is 1. The van der Waals surface area contributed by atoms with E-state index in [9.17, 15) is 9.90 Å². The van der Waals surface area contributed by atoms with Crippen molar-refractivity contribution < 1.29 is 9.90 Å². The highest BCUT2D eigenvalue weighted by Gasteiger charge is 2.19. The molecule has 0 heterocycles. The lowest BCUT2D eigenvalue weighted by Crippen LogP contribution is -2.45. The molecule has 16 heavy (non-hydrogen) atoms. The first-order valence-corrected chi connectivity index (χ1v) is 6.06. The van der Waals surface area contributed by atoms with E-state index >= 15 is 0 Å². The van der Waals surface area contributed by atoms with Crippen LogP contribution in [0.4, 0.5) is 0 Å². The molecule has 2 N–H and O–H groups in total. The Labute approximate surface area is 99.0 Å². The van der Waals surface area contributed by atoms with Gasteiger partial charge in [-0.05, 0) is 12.8 Å². The predicted molar refractivity (Wildman–Crippen MR) is 66.2 cm³/mol. The van der Waals surface area contributed by atoms with Crippen molar-refractivity contribution in [3.05, 3.63) is 0 Å². The van der Waals surface area contributed by atoms with Gasteiger partial charge in [0.2, 0.25) is 5.91 Å². The summed E-state index contributed by atoms with van der Waals surface area (Å²) in [5, 5.41) is 13.0. The van der Waals surface area contributed by atoms with Gasteiger partial charge in [-0.3, -0.25) is 4.79 Å². The van der Waals surface area contributed by atoms with E-state index in [4.69, 9.17) is 0 Å². The van der Waals surface area contributed by atoms with Crippen molar-refractivity contribution in [1.29, 1.82) is 0 Å². The Balaban J connectivity index is 4.00. The zero-order valence-corrected chi connectivity index (χ0v) is 11.2. The van der Waals surface area contributed by atoms with Crippen molar-refractivity contribution in [1.82, 2.24) is 10.2 Å². The standard InChI is InChI=1S/C12H26N2O2/c1-6-10(7-2)11(15)8-13-9(3)12(16)14(4)5/h9-11,13,15H,6-8H2,1-5H3. The maximum Gasteiger partial charge on any atom is 0.238 e. The molecule has 0 fully saturated rings. The van der Waals surface area contributed by atoms with Crippen LogP contribution >= 0.6 is 0 Å². The Bertz CT molecular complexity index is 203. The van der Waals surface area contributed by atoms with Crippen LogP contribution in [0.2, 0.25) is 0 Å². The third kappa shape index (κ3) is 4.94. The minimum absolute atomic E-state index is 0.0387. The number of aliphatic hydroxyl groups excluding tert-OH is 1. The average Bonchev–Trinajstić information content (AvgIpc) is 2.26. The Morgan fingerprint density at radius 2 is 1.81 bits per heavy atom. The number of hydrogen-bond donors (Lipinski definition) is 2. The van der Waals surface area contributed by atoms with E-state index in [0.29, 0.717) is 12.5 Å². The van der Waals surface area contributed by atoms with Crippen LogP contribution in [0.5, 0.6) is 0 Å². The molecular formula is C12H26N2O2. The van der Waals surface area contributed by atoms with Crippen LogP contribution < -0.4 is 5.32 Å². The summed E-state index contributed by atoms with van der Waals surface area (Å²) in [5.74, 6) is 0.353. The maximum atomic E-state index is 11.5. The van der Waals surface area contributed by atoms with Gasteiger partial charge in [0.15, 0.2) is 0 Å². The van der Waals surface area contributed by atoms with Gasteiger partial charge in [-0.15, -0.1) is 0 Å². The summed E-state index contributed by atoms with van der Waals surface area (Å²) >= 11 is 0. The lowest BCUT2D eigenvalue weighted by Gasteiger charge is -2.23. The van der Waals surface area contributed by atoms with Crippen LogP contribution in [-0.4, -0.2) is 48.7 Å². The topological polar surface area (TPSA) is 52.6 Å². The van der Waals surface area contributed by atoms with Crippen LogP contribution in [0.3, 0.4) is 0 Å². The molecule has 4 heteroatoms. The molecule has 0 aliphatic rings. The fourth-order valence-corrected chi connectivity index (χ4v) is 1.77. The van der Waals surface area contributed by atoms with E-state index in [-0.39, 0.29) is 18.1 Å². The second-order valence-corrected chi connectivity index (χ2v) is 4.51. The highest BCUT2D eigenvalue weighted by molar-refractivity contribution is 5.80. The monoisotopic (exact) mass is 230 g/mol. The molecule has 0 bridgehead atoms. The average molecular weight is 230 g/mol. The van der Waals surface area contributed by atoms with Gasteiger partial charge >= 0.3 is 0 Å². The zero-order chi connectivity index (χ0) is 12.7. The minimum atomic E-state index is -0.368. The van der Waals surface area contributed by atoms with Crippen LogP contribution in [0, 0.1) is 5.92 Å². The summed E-state index contributed by atoms with van der Waals surface area (Å²) in [5.41, 5.74) is 0. The minimum Gasteiger partial charge on any atom is -0.392 e. The Morgan fingerprint density at radius 1 is 1.31 bits per heavy atom. The molecule has 2 atom stereocenters. The molecule has 0 aliphatic heterocycles. The largest absolute Gasteiger partial charge is 0.392 e. The third-order valence-electron chi connectivity index (χ3n) is 3.04. The smallest absolute Gasteiger partial charge is 0.238 e. The second-order valence-electron chi connectivity index (χ2n) is 4.51. The van der Waals surface area contributed by atoms with Gasteiger partial charge in [0.1, 0.15) is 0 Å². The number of carbonyl (C=O) groups excluding carboxylic acids is 1. The van der Waals surface area contributed by atoms with Crippen molar-refractivity contribution >= 4 is 5.91 Å². The lowest BCUT2D eigenvalue weighted by atomic mass is 9.96. The molecule has 0 spiro atoms. The summed E-state index contributed by atoms with van der Waals surface area (Å²) in [6.07, 6.45) is 1.57. The molecule has 0 aromatic carbocycles. The molecule has 0 aromatic rings. The van der Waals surface area contributed by atoms with Gasteiger partial charge in [0.05, 0.1) is 12.1 Å². The summed E-state index contributed by atoms with van der Waals surface area (Å²) < 4.78 is 0. The number of hydrogen-bond acceptors (Lipinski definition) is 3. The van der Waals surface area contributed by atoms with Gasteiger partial charge in [-0.25, -0.2) is 0 Å². The van der Waals surface area contributed by atoms with Gasteiger partial charge in [-0.1, -0.05) is 26.7 Å². The number of aliphatic hydroxyl groups is 1. The van der Waals surface area contributed by atoms with E-state index in [1.165, 1.54) is 0 Å². The fraction of sp³-hybridized carbons (Fsp3) is 0.917. The molecule has 0 radical (unpaired) electrons. The van der Waals surface area contributed by atoms with Crippen LogP contribution in [0.15, 0.2) is 0 Å². The molecule has 0 rings (SSSR count). The van der Waals surface area contributed by atoms with Crippen molar-refractivity contribution in [2.45, 2.75) is 45.8 Å². The van der Waals surface area contributed by atoms with Crippen molar-refractivity contribution in [2.24, 2.45) is 5.92 Å². The first-order chi connectivity index (χ1) is 7.43. The second kappa shape index (κ2) is 7.63. The van der Waals surface area contributed by atoms with Crippen molar-refractivity contribution in [3.63, 3.8) is 0 Å². The normalized spacial score (nSPS) is 14.9. The summed E-state index contributed by atoms with van der Waals surface area (Å²) in [4.78, 5) is 13.1. The first-order valence-electron chi connectivity index (χ1n) is 6.06. The Hall–Kier alpha value is -0.610. The Morgan fingerprint density at radius 3 is 2.19 bits per heavy atom. The number of nitrogens with zero attached hydrogens (tertiary/aromatic N) is 1. The highest BCUT2D eigenvalue weighted by Crippen LogP contribution is 2.12. The van der Waals surface area contributed by atoms with Gasteiger partial charge < -0.3 is 15.3 Å². The highest BCUT2D eigenvalue weighted by atomic mass is 16.3. The number of nitrogens with one attached hydrogen (secondary N) is 1. The van der Waals surface area contributed by atoms with Crippen LogP contribution in [0.25, 0.3) is 0 Å². The van der Waals surface area contributed by atoms with Crippen LogP contribution in [-0.2, 0) is 4.79 Å². The third-order valence-corrected chi connectivity index (χ3v) is 3.04. The number of amides is 1. The van der Waals surface area contributed by atoms with Crippen molar-refractivity contribution in [2.75, 3.05) is 20.6 Å². The molecular weight excluding hydrogens is 204 g/mol. The molecule has 0 aromatic heterocycles. The molecule has 0 saturated carbocycles. The van der Waals surface area contributed by atoms with Gasteiger partial charge in [0, 0.05) is 20.6 Å². The Kier molecular flexibility index (Phi) is 7.34. The molecule has 0 saturated heterocycles. The van der Waals surface area contributed by atoms with E-state index < -0.39 is 0 Å². The SMILES string of the molecule is CCC(CC)C(O)CNC(C)C(=O)N(C)C. The number of likely N-dealkylation sites (N-methyl/N-ethyl adjacent to an activating group) is 1.